The average Bonchev–Trinajstić information content (AvgIpc) is 3.24. The van der Waals surface area contributed by atoms with Crippen LogP contribution in [0.25, 0.3) is 0 Å². The summed E-state index contributed by atoms with van der Waals surface area (Å²) in [5, 5.41) is 4.23. The van der Waals surface area contributed by atoms with Gasteiger partial charge in [0.1, 0.15) is 17.6 Å². The van der Waals surface area contributed by atoms with Gasteiger partial charge in [-0.2, -0.15) is 5.10 Å². The number of hydrogen-bond acceptors (Lipinski definition) is 5. The molecule has 1 amide bonds. The molecular weight excluding hydrogens is 433 g/mol. The van der Waals surface area contributed by atoms with E-state index in [0.717, 1.165) is 29.2 Å². The predicted molar refractivity (Wildman–Crippen MR) is 118 cm³/mol. The van der Waals surface area contributed by atoms with E-state index in [1.165, 1.54) is 0 Å². The van der Waals surface area contributed by atoms with Gasteiger partial charge < -0.3 is 9.80 Å². The first-order valence-corrected chi connectivity index (χ1v) is 10.9. The smallest absolute Gasteiger partial charge is 0.249 e. The molecule has 0 fully saturated rings. The van der Waals surface area contributed by atoms with Crippen LogP contribution in [0.2, 0.25) is 0 Å². The summed E-state index contributed by atoms with van der Waals surface area (Å²) in [4.78, 5) is 25.5. The van der Waals surface area contributed by atoms with Crippen molar-refractivity contribution in [3.63, 3.8) is 0 Å². The first-order chi connectivity index (χ1) is 15.8. The fourth-order valence-corrected chi connectivity index (χ4v) is 4.10. The molecule has 1 atom stereocenters. The molecule has 33 heavy (non-hydrogen) atoms. The van der Waals surface area contributed by atoms with Gasteiger partial charge in [-0.25, -0.2) is 23.1 Å². The summed E-state index contributed by atoms with van der Waals surface area (Å²) >= 11 is 0. The standard InChI is InChI=1S/C23H25F3N6O/c1-4-31-14(3)23(33)32(5-2)19-11-27-20(29-22(19)31)7-6-15-10-28-30(12-15)13-16-8-17(24)21(26)18(25)9-16/h8-12,14H,4-7,13H2,1-3H3/t14-/m0/s1. The Kier molecular flexibility index (Phi) is 6.35. The SMILES string of the molecule is CCN1C(=O)[C@H](C)N(CC)c2nc(CCc3cnn(Cc4cc(F)c(F)c(F)c4)c3)ncc21. The molecule has 3 aromatic rings. The van der Waals surface area contributed by atoms with Gasteiger partial charge in [0, 0.05) is 25.7 Å². The number of fused-ring (bicyclic) bond motifs is 1. The number of hydrogen-bond donors (Lipinski definition) is 0. The number of benzene rings is 1. The third-order valence-corrected chi connectivity index (χ3v) is 5.82. The molecule has 7 nitrogen and oxygen atoms in total. The zero-order valence-corrected chi connectivity index (χ0v) is 18.7. The Morgan fingerprint density at radius 1 is 1.00 bits per heavy atom. The lowest BCUT2D eigenvalue weighted by atomic mass is 10.1. The van der Waals surface area contributed by atoms with Crippen molar-refractivity contribution >= 4 is 17.4 Å². The minimum atomic E-state index is -1.48. The number of rotatable bonds is 7. The molecule has 1 aromatic carbocycles. The van der Waals surface area contributed by atoms with E-state index in [1.54, 1.807) is 28.2 Å². The Balaban J connectivity index is 1.47. The van der Waals surface area contributed by atoms with E-state index in [2.05, 4.69) is 10.1 Å². The van der Waals surface area contributed by atoms with Gasteiger partial charge >= 0.3 is 0 Å². The molecule has 10 heteroatoms. The Morgan fingerprint density at radius 2 is 1.73 bits per heavy atom. The molecule has 0 bridgehead atoms. The third kappa shape index (κ3) is 4.42. The number of halogens is 3. The summed E-state index contributed by atoms with van der Waals surface area (Å²) in [5.74, 6) is -2.47. The van der Waals surface area contributed by atoms with Gasteiger partial charge in [-0.15, -0.1) is 0 Å². The molecule has 3 heterocycles. The third-order valence-electron chi connectivity index (χ3n) is 5.82. The van der Waals surface area contributed by atoms with E-state index in [9.17, 15) is 18.0 Å². The van der Waals surface area contributed by atoms with Gasteiger partial charge in [0.15, 0.2) is 23.3 Å². The molecule has 0 aliphatic carbocycles. The van der Waals surface area contributed by atoms with Gasteiger partial charge in [-0.05, 0) is 50.5 Å². The molecule has 1 aliphatic rings. The Morgan fingerprint density at radius 3 is 2.39 bits per heavy atom. The van der Waals surface area contributed by atoms with Crippen LogP contribution < -0.4 is 9.80 Å². The highest BCUT2D eigenvalue weighted by Crippen LogP contribution is 2.33. The summed E-state index contributed by atoms with van der Waals surface area (Å²) in [6.45, 7) is 7.13. The van der Waals surface area contributed by atoms with Gasteiger partial charge in [-0.1, -0.05) is 0 Å². The number of aryl methyl sites for hydroxylation is 2. The molecule has 0 saturated carbocycles. The van der Waals surface area contributed by atoms with E-state index >= 15 is 0 Å². The van der Waals surface area contributed by atoms with Crippen molar-refractivity contribution in [1.29, 1.82) is 0 Å². The number of carbonyl (C=O) groups is 1. The zero-order valence-electron chi connectivity index (χ0n) is 18.7. The fraction of sp³-hybridized carbons (Fsp3) is 0.391. The summed E-state index contributed by atoms with van der Waals surface area (Å²) in [5.41, 5.74) is 1.91. The van der Waals surface area contributed by atoms with Crippen molar-refractivity contribution in [3.8, 4) is 0 Å². The summed E-state index contributed by atoms with van der Waals surface area (Å²) in [6.07, 6.45) is 6.32. The molecule has 2 aromatic heterocycles. The second-order valence-electron chi connectivity index (χ2n) is 7.96. The molecule has 4 rings (SSSR count). The highest BCUT2D eigenvalue weighted by atomic mass is 19.2. The van der Waals surface area contributed by atoms with Crippen LogP contribution in [-0.2, 0) is 24.2 Å². The maximum absolute atomic E-state index is 13.4. The van der Waals surface area contributed by atoms with E-state index in [0.29, 0.717) is 31.8 Å². The molecule has 0 radical (unpaired) electrons. The highest BCUT2D eigenvalue weighted by Gasteiger charge is 2.35. The fourth-order valence-electron chi connectivity index (χ4n) is 4.10. The minimum absolute atomic E-state index is 0.0385. The summed E-state index contributed by atoms with van der Waals surface area (Å²) < 4.78 is 41.6. The molecule has 174 valence electrons. The Bertz CT molecular complexity index is 1160. The first-order valence-electron chi connectivity index (χ1n) is 10.9. The molecule has 0 saturated heterocycles. The Labute approximate surface area is 189 Å². The second-order valence-corrected chi connectivity index (χ2v) is 7.96. The van der Waals surface area contributed by atoms with E-state index < -0.39 is 17.5 Å². The number of aromatic nitrogens is 4. The minimum Gasteiger partial charge on any atom is -0.343 e. The maximum Gasteiger partial charge on any atom is 0.249 e. The quantitative estimate of drug-likeness (QED) is 0.507. The van der Waals surface area contributed by atoms with Crippen LogP contribution in [-0.4, -0.2) is 44.8 Å². The topological polar surface area (TPSA) is 67.2 Å². The number of nitrogens with zero attached hydrogens (tertiary/aromatic N) is 6. The van der Waals surface area contributed by atoms with E-state index in [-0.39, 0.29) is 24.1 Å². The normalized spacial score (nSPS) is 15.8. The molecule has 0 unspecified atom stereocenters. The average molecular weight is 458 g/mol. The van der Waals surface area contributed by atoms with Crippen molar-refractivity contribution < 1.29 is 18.0 Å². The largest absolute Gasteiger partial charge is 0.343 e. The lowest BCUT2D eigenvalue weighted by Gasteiger charge is -2.39. The zero-order chi connectivity index (χ0) is 23.7. The van der Waals surface area contributed by atoms with Gasteiger partial charge in [0.25, 0.3) is 0 Å². The molecular formula is C23H25F3N6O. The van der Waals surface area contributed by atoms with Gasteiger partial charge in [0.2, 0.25) is 5.91 Å². The lowest BCUT2D eigenvalue weighted by Crippen LogP contribution is -2.52. The number of carbonyl (C=O) groups excluding carboxylic acids is 1. The molecule has 0 spiro atoms. The van der Waals surface area contributed by atoms with Crippen molar-refractivity contribution in [1.82, 2.24) is 19.7 Å². The molecule has 0 N–H and O–H groups in total. The van der Waals surface area contributed by atoms with Crippen LogP contribution in [0.4, 0.5) is 24.7 Å². The van der Waals surface area contributed by atoms with Crippen LogP contribution in [0.5, 0.6) is 0 Å². The number of anilines is 2. The van der Waals surface area contributed by atoms with Gasteiger partial charge in [-0.3, -0.25) is 9.48 Å². The van der Waals surface area contributed by atoms with E-state index in [4.69, 9.17) is 4.98 Å². The summed E-state index contributed by atoms with van der Waals surface area (Å²) in [6, 6.07) is 1.64. The van der Waals surface area contributed by atoms with Crippen LogP contribution in [0.15, 0.2) is 30.7 Å². The monoisotopic (exact) mass is 458 g/mol. The maximum atomic E-state index is 13.4. The lowest BCUT2D eigenvalue weighted by molar-refractivity contribution is -0.119. The predicted octanol–water partition coefficient (Wildman–Crippen LogP) is 3.51. The van der Waals surface area contributed by atoms with Crippen molar-refractivity contribution in [2.75, 3.05) is 22.9 Å². The van der Waals surface area contributed by atoms with Crippen LogP contribution in [0, 0.1) is 17.5 Å². The summed E-state index contributed by atoms with van der Waals surface area (Å²) in [7, 11) is 0. The highest BCUT2D eigenvalue weighted by molar-refractivity contribution is 6.04. The van der Waals surface area contributed by atoms with Gasteiger partial charge in [0.05, 0.1) is 18.9 Å². The Hall–Kier alpha value is -3.43. The number of amides is 1. The van der Waals surface area contributed by atoms with Crippen molar-refractivity contribution in [3.05, 3.63) is 65.1 Å². The van der Waals surface area contributed by atoms with Crippen molar-refractivity contribution in [2.24, 2.45) is 0 Å². The molecule has 1 aliphatic heterocycles. The van der Waals surface area contributed by atoms with Crippen LogP contribution in [0.1, 0.15) is 37.7 Å². The van der Waals surface area contributed by atoms with Crippen LogP contribution >= 0.6 is 0 Å². The second kappa shape index (κ2) is 9.21. The van der Waals surface area contributed by atoms with E-state index in [1.807, 2.05) is 25.7 Å². The number of likely N-dealkylation sites (N-methyl/N-ethyl adjacent to an activating group) is 2. The first kappa shape index (κ1) is 22.8. The van der Waals surface area contributed by atoms with Crippen molar-refractivity contribution in [2.45, 2.75) is 46.2 Å². The van der Waals surface area contributed by atoms with Crippen LogP contribution in [0.3, 0.4) is 0 Å².